The number of rotatable bonds is 4. The van der Waals surface area contributed by atoms with Gasteiger partial charge in [0.2, 0.25) is 0 Å². The molecule has 0 spiro atoms. The molecular weight excluding hydrogens is 296 g/mol. The highest BCUT2D eigenvalue weighted by molar-refractivity contribution is 6.30. The molecule has 2 rings (SSSR count). The summed E-state index contributed by atoms with van der Waals surface area (Å²) in [5.74, 6) is -0.645. The summed E-state index contributed by atoms with van der Waals surface area (Å²) in [6.45, 7) is 0. The van der Waals surface area contributed by atoms with Crippen LogP contribution in [-0.2, 0) is 4.84 Å². The number of hydrogen-bond donors (Lipinski definition) is 0. The summed E-state index contributed by atoms with van der Waals surface area (Å²) in [6, 6.07) is 11.9. The number of nitro groups is 1. The second-order valence-electron chi connectivity index (χ2n) is 3.97. The van der Waals surface area contributed by atoms with Gasteiger partial charge >= 0.3 is 5.97 Å². The third-order valence-electron chi connectivity index (χ3n) is 2.50. The van der Waals surface area contributed by atoms with Crippen LogP contribution in [0.25, 0.3) is 0 Å². The Hall–Kier alpha value is -2.73. The molecule has 0 saturated carbocycles. The second-order valence-corrected chi connectivity index (χ2v) is 4.41. The van der Waals surface area contributed by atoms with Crippen molar-refractivity contribution in [3.63, 3.8) is 0 Å². The van der Waals surface area contributed by atoms with Crippen molar-refractivity contribution in [3.8, 4) is 0 Å². The van der Waals surface area contributed by atoms with Gasteiger partial charge in [0.25, 0.3) is 5.69 Å². The quantitative estimate of drug-likeness (QED) is 0.375. The van der Waals surface area contributed by atoms with Crippen LogP contribution in [0.2, 0.25) is 5.02 Å². The van der Waals surface area contributed by atoms with Crippen LogP contribution >= 0.6 is 11.6 Å². The lowest BCUT2D eigenvalue weighted by molar-refractivity contribution is -0.384. The Morgan fingerprint density at radius 1 is 1.24 bits per heavy atom. The molecule has 0 atom stereocenters. The summed E-state index contributed by atoms with van der Waals surface area (Å²) >= 11 is 5.70. The summed E-state index contributed by atoms with van der Waals surface area (Å²) in [5.41, 5.74) is 0.687. The zero-order valence-corrected chi connectivity index (χ0v) is 11.4. The molecule has 106 valence electrons. The zero-order chi connectivity index (χ0) is 15.2. The maximum atomic E-state index is 11.6. The average Bonchev–Trinajstić information content (AvgIpc) is 2.48. The van der Waals surface area contributed by atoms with E-state index in [9.17, 15) is 14.9 Å². The lowest BCUT2D eigenvalue weighted by atomic mass is 10.2. The summed E-state index contributed by atoms with van der Waals surface area (Å²) in [4.78, 5) is 26.4. The molecule has 0 aliphatic rings. The van der Waals surface area contributed by atoms with E-state index in [4.69, 9.17) is 11.6 Å². The topological polar surface area (TPSA) is 81.8 Å². The highest BCUT2D eigenvalue weighted by Gasteiger charge is 2.07. The van der Waals surface area contributed by atoms with Crippen LogP contribution in [-0.4, -0.2) is 17.1 Å². The van der Waals surface area contributed by atoms with Gasteiger partial charge in [0, 0.05) is 22.7 Å². The first-order valence-corrected chi connectivity index (χ1v) is 6.19. The number of carbonyl (C=O) groups is 1. The van der Waals surface area contributed by atoms with E-state index in [1.165, 1.54) is 36.5 Å². The fraction of sp³-hybridized carbons (Fsp3) is 0. The molecule has 7 heteroatoms. The molecule has 2 aromatic rings. The minimum absolute atomic E-state index is 0.0667. The van der Waals surface area contributed by atoms with Gasteiger partial charge in [-0.05, 0) is 24.3 Å². The molecule has 0 aliphatic carbocycles. The molecule has 0 aliphatic heterocycles. The van der Waals surface area contributed by atoms with E-state index < -0.39 is 10.9 Å². The smallest absolute Gasteiger partial charge is 0.313 e. The monoisotopic (exact) mass is 304 g/mol. The van der Waals surface area contributed by atoms with Crippen molar-refractivity contribution >= 4 is 29.5 Å². The molecule has 6 nitrogen and oxygen atoms in total. The molecular formula is C14H9ClN2O4. The molecule has 2 aromatic carbocycles. The van der Waals surface area contributed by atoms with Gasteiger partial charge < -0.3 is 4.84 Å². The first-order chi connectivity index (χ1) is 10.1. The van der Waals surface area contributed by atoms with Crippen LogP contribution < -0.4 is 0 Å². The van der Waals surface area contributed by atoms with E-state index in [2.05, 4.69) is 9.99 Å². The average molecular weight is 305 g/mol. The van der Waals surface area contributed by atoms with Gasteiger partial charge in [0.15, 0.2) is 0 Å². The predicted molar refractivity (Wildman–Crippen MR) is 77.6 cm³/mol. The highest BCUT2D eigenvalue weighted by Crippen LogP contribution is 2.12. The minimum atomic E-state index is -0.645. The second kappa shape index (κ2) is 6.62. The maximum absolute atomic E-state index is 11.6. The van der Waals surface area contributed by atoms with Gasteiger partial charge in [0.05, 0.1) is 16.7 Å². The normalized spacial score (nSPS) is 10.5. The molecule has 0 fully saturated rings. The molecule has 0 radical (unpaired) electrons. The van der Waals surface area contributed by atoms with Crippen molar-refractivity contribution in [3.05, 3.63) is 74.8 Å². The molecule has 0 N–H and O–H groups in total. The summed E-state index contributed by atoms with van der Waals surface area (Å²) in [7, 11) is 0. The van der Waals surface area contributed by atoms with Crippen LogP contribution in [0, 0.1) is 10.1 Å². The Bertz CT molecular complexity index is 698. The number of nitro benzene ring substituents is 1. The Morgan fingerprint density at radius 3 is 2.62 bits per heavy atom. The van der Waals surface area contributed by atoms with Crippen LogP contribution in [0.1, 0.15) is 15.9 Å². The molecule has 0 aromatic heterocycles. The van der Waals surface area contributed by atoms with Gasteiger partial charge in [-0.2, -0.15) is 0 Å². The van der Waals surface area contributed by atoms with Crippen LogP contribution in [0.4, 0.5) is 5.69 Å². The zero-order valence-electron chi connectivity index (χ0n) is 10.6. The minimum Gasteiger partial charge on any atom is -0.313 e. The molecule has 0 saturated heterocycles. The van der Waals surface area contributed by atoms with Crippen LogP contribution in [0.15, 0.2) is 53.7 Å². The van der Waals surface area contributed by atoms with Crippen LogP contribution in [0.5, 0.6) is 0 Å². The Balaban J connectivity index is 2.02. The fourth-order valence-electron chi connectivity index (χ4n) is 1.49. The summed E-state index contributed by atoms with van der Waals surface area (Å²) < 4.78 is 0. The molecule has 0 amide bonds. The Kier molecular flexibility index (Phi) is 4.63. The number of nitrogens with zero attached hydrogens (tertiary/aromatic N) is 2. The SMILES string of the molecule is O=C(O/N=C/c1cccc([N+](=O)[O-])c1)c1ccc(Cl)cc1. The van der Waals surface area contributed by atoms with Crippen molar-refractivity contribution in [2.24, 2.45) is 5.16 Å². The Morgan fingerprint density at radius 2 is 1.95 bits per heavy atom. The molecule has 0 heterocycles. The summed E-state index contributed by atoms with van der Waals surface area (Å²) in [6.07, 6.45) is 1.22. The third kappa shape index (κ3) is 4.12. The number of halogens is 1. The summed E-state index contributed by atoms with van der Waals surface area (Å²) in [5, 5.41) is 14.6. The highest BCUT2D eigenvalue weighted by atomic mass is 35.5. The van der Waals surface area contributed by atoms with Gasteiger partial charge in [0.1, 0.15) is 0 Å². The fourth-order valence-corrected chi connectivity index (χ4v) is 1.62. The van der Waals surface area contributed by atoms with E-state index in [0.717, 1.165) is 0 Å². The first kappa shape index (κ1) is 14.7. The van der Waals surface area contributed by atoms with Gasteiger partial charge in [-0.15, -0.1) is 0 Å². The van der Waals surface area contributed by atoms with Crippen LogP contribution in [0.3, 0.4) is 0 Å². The number of benzene rings is 2. The van der Waals surface area contributed by atoms with Crippen molar-refractivity contribution in [2.75, 3.05) is 0 Å². The third-order valence-corrected chi connectivity index (χ3v) is 2.75. The lowest BCUT2D eigenvalue weighted by Crippen LogP contribution is -2.00. The predicted octanol–water partition coefficient (Wildman–Crippen LogP) is 3.44. The van der Waals surface area contributed by atoms with Gasteiger partial charge in [-0.3, -0.25) is 10.1 Å². The molecule has 0 unspecified atom stereocenters. The van der Waals surface area contributed by atoms with Gasteiger partial charge in [-0.1, -0.05) is 28.9 Å². The molecule has 0 bridgehead atoms. The number of carbonyl (C=O) groups excluding carboxylic acids is 1. The van der Waals surface area contributed by atoms with E-state index >= 15 is 0 Å². The number of oxime groups is 1. The number of non-ortho nitro benzene ring substituents is 1. The molecule has 21 heavy (non-hydrogen) atoms. The largest absolute Gasteiger partial charge is 0.365 e. The lowest BCUT2D eigenvalue weighted by Gasteiger charge is -1.98. The van der Waals surface area contributed by atoms with Crippen molar-refractivity contribution in [1.82, 2.24) is 0 Å². The van der Waals surface area contributed by atoms with E-state index in [-0.39, 0.29) is 5.69 Å². The van der Waals surface area contributed by atoms with Crippen molar-refractivity contribution in [2.45, 2.75) is 0 Å². The van der Waals surface area contributed by atoms with E-state index in [1.807, 2.05) is 0 Å². The van der Waals surface area contributed by atoms with E-state index in [0.29, 0.717) is 16.1 Å². The van der Waals surface area contributed by atoms with Crippen molar-refractivity contribution < 1.29 is 14.6 Å². The van der Waals surface area contributed by atoms with Crippen molar-refractivity contribution in [1.29, 1.82) is 0 Å². The standard InChI is InChI=1S/C14H9ClN2O4/c15-12-6-4-11(5-7-12)14(18)21-16-9-10-2-1-3-13(8-10)17(19)20/h1-9H/b16-9+. The van der Waals surface area contributed by atoms with E-state index in [1.54, 1.807) is 18.2 Å². The maximum Gasteiger partial charge on any atom is 0.365 e. The van der Waals surface area contributed by atoms with Gasteiger partial charge in [-0.25, -0.2) is 4.79 Å². The number of hydrogen-bond acceptors (Lipinski definition) is 5. The Labute approximate surface area is 124 Å². The first-order valence-electron chi connectivity index (χ1n) is 5.81.